The van der Waals surface area contributed by atoms with E-state index in [4.69, 9.17) is 0 Å². The van der Waals surface area contributed by atoms with E-state index in [1.54, 1.807) is 11.3 Å². The Bertz CT molecular complexity index is 868. The Labute approximate surface area is 150 Å². The van der Waals surface area contributed by atoms with Crippen LogP contribution in [-0.4, -0.2) is 23.0 Å². The first-order valence-electron chi connectivity index (χ1n) is 8.10. The van der Waals surface area contributed by atoms with Crippen LogP contribution in [-0.2, 0) is 22.4 Å². The summed E-state index contributed by atoms with van der Waals surface area (Å²) in [6.45, 7) is 0. The fraction of sp³-hybridized carbons (Fsp3) is 0.200. The van der Waals surface area contributed by atoms with Gasteiger partial charge >= 0.3 is 5.97 Å². The number of benzene rings is 2. The third-order valence-corrected chi connectivity index (χ3v) is 4.81. The molecule has 3 aromatic rings. The zero-order chi connectivity index (χ0) is 17.6. The molecule has 0 saturated heterocycles. The zero-order valence-corrected chi connectivity index (χ0v) is 14.5. The number of hydrogen-bond acceptors (Lipinski definition) is 3. The van der Waals surface area contributed by atoms with Crippen LogP contribution in [0, 0.1) is 0 Å². The fourth-order valence-electron chi connectivity index (χ4n) is 2.98. The minimum atomic E-state index is -0.916. The molecule has 2 N–H and O–H groups in total. The monoisotopic (exact) mass is 353 g/mol. The van der Waals surface area contributed by atoms with Crippen molar-refractivity contribution < 1.29 is 14.7 Å². The first kappa shape index (κ1) is 17.2. The number of aliphatic carboxylic acids is 1. The van der Waals surface area contributed by atoms with Crippen molar-refractivity contribution in [2.24, 2.45) is 0 Å². The van der Waals surface area contributed by atoms with Gasteiger partial charge in [-0.05, 0) is 45.1 Å². The van der Waals surface area contributed by atoms with Crippen molar-refractivity contribution in [2.75, 3.05) is 0 Å². The number of rotatable bonds is 7. The van der Waals surface area contributed by atoms with Gasteiger partial charge in [-0.3, -0.25) is 9.59 Å². The Morgan fingerprint density at radius 2 is 1.88 bits per heavy atom. The molecule has 0 aliphatic rings. The van der Waals surface area contributed by atoms with E-state index < -0.39 is 12.0 Å². The topological polar surface area (TPSA) is 66.4 Å². The van der Waals surface area contributed by atoms with Gasteiger partial charge in [0.25, 0.3) is 0 Å². The van der Waals surface area contributed by atoms with Crippen molar-refractivity contribution in [2.45, 2.75) is 25.3 Å². The van der Waals surface area contributed by atoms with Gasteiger partial charge in [0.15, 0.2) is 0 Å². The van der Waals surface area contributed by atoms with Crippen LogP contribution in [0.4, 0.5) is 0 Å². The summed E-state index contributed by atoms with van der Waals surface area (Å²) < 4.78 is 0. The second kappa shape index (κ2) is 7.94. The van der Waals surface area contributed by atoms with Gasteiger partial charge in [0.1, 0.15) is 0 Å². The lowest BCUT2D eigenvalue weighted by atomic mass is 9.97. The number of nitrogens with one attached hydrogen (secondary N) is 1. The van der Waals surface area contributed by atoms with E-state index in [0.29, 0.717) is 6.42 Å². The minimum Gasteiger partial charge on any atom is -0.481 e. The summed E-state index contributed by atoms with van der Waals surface area (Å²) in [5, 5.41) is 18.1. The standard InChI is InChI=1S/C20H19NO3S/c22-19(10-14-8-9-25-13-14)21-17(12-20(23)24)11-16-6-3-5-15-4-1-2-7-18(15)16/h1-9,13,17H,10-12H2,(H,21,22)(H,23,24)/t17-/m1/s1. The molecule has 0 fully saturated rings. The third-order valence-electron chi connectivity index (χ3n) is 4.08. The zero-order valence-electron chi connectivity index (χ0n) is 13.6. The molecule has 1 atom stereocenters. The normalized spacial score (nSPS) is 12.0. The molecule has 2 aromatic carbocycles. The molecule has 0 aliphatic heterocycles. The maximum atomic E-state index is 12.3. The molecule has 1 heterocycles. The largest absolute Gasteiger partial charge is 0.481 e. The van der Waals surface area contributed by atoms with E-state index >= 15 is 0 Å². The molecular formula is C20H19NO3S. The van der Waals surface area contributed by atoms with Crippen molar-refractivity contribution in [3.8, 4) is 0 Å². The highest BCUT2D eigenvalue weighted by atomic mass is 32.1. The summed E-state index contributed by atoms with van der Waals surface area (Å²) in [7, 11) is 0. The summed E-state index contributed by atoms with van der Waals surface area (Å²) in [5.41, 5.74) is 1.99. The number of carboxylic acid groups (broad SMARTS) is 1. The van der Waals surface area contributed by atoms with Gasteiger partial charge in [0.2, 0.25) is 5.91 Å². The van der Waals surface area contributed by atoms with Gasteiger partial charge in [-0.2, -0.15) is 11.3 Å². The first-order valence-corrected chi connectivity index (χ1v) is 9.05. The van der Waals surface area contributed by atoms with E-state index in [-0.39, 0.29) is 18.7 Å². The average molecular weight is 353 g/mol. The summed E-state index contributed by atoms with van der Waals surface area (Å²) in [5.74, 6) is -1.06. The van der Waals surface area contributed by atoms with Crippen LogP contribution in [0.5, 0.6) is 0 Å². The molecule has 5 heteroatoms. The van der Waals surface area contributed by atoms with Crippen LogP contribution in [0.2, 0.25) is 0 Å². The lowest BCUT2D eigenvalue weighted by molar-refractivity contribution is -0.137. The molecule has 1 aromatic heterocycles. The molecule has 1 amide bonds. The van der Waals surface area contributed by atoms with Crippen LogP contribution in [0.15, 0.2) is 59.3 Å². The summed E-state index contributed by atoms with van der Waals surface area (Å²) in [6, 6.07) is 15.4. The van der Waals surface area contributed by atoms with Crippen LogP contribution < -0.4 is 5.32 Å². The Morgan fingerprint density at radius 1 is 1.08 bits per heavy atom. The maximum Gasteiger partial charge on any atom is 0.305 e. The average Bonchev–Trinajstić information content (AvgIpc) is 3.07. The van der Waals surface area contributed by atoms with E-state index in [1.807, 2.05) is 59.3 Å². The van der Waals surface area contributed by atoms with Crippen LogP contribution in [0.3, 0.4) is 0 Å². The Kier molecular flexibility index (Phi) is 5.46. The molecule has 0 spiro atoms. The minimum absolute atomic E-state index is 0.0986. The quantitative estimate of drug-likeness (QED) is 0.681. The van der Waals surface area contributed by atoms with Crippen molar-refractivity contribution in [1.82, 2.24) is 5.32 Å². The molecule has 0 saturated carbocycles. The highest BCUT2D eigenvalue weighted by Gasteiger charge is 2.18. The van der Waals surface area contributed by atoms with Crippen LogP contribution in [0.25, 0.3) is 10.8 Å². The predicted molar refractivity (Wildman–Crippen MR) is 99.9 cm³/mol. The van der Waals surface area contributed by atoms with Gasteiger partial charge in [0.05, 0.1) is 12.8 Å². The lowest BCUT2D eigenvalue weighted by Crippen LogP contribution is -2.38. The second-order valence-corrected chi connectivity index (χ2v) is 6.79. The number of thiophene rings is 1. The fourth-order valence-corrected chi connectivity index (χ4v) is 3.65. The molecule has 0 radical (unpaired) electrons. The molecule has 128 valence electrons. The SMILES string of the molecule is O=C(O)C[C@@H](Cc1cccc2ccccc12)NC(=O)Cc1ccsc1. The smallest absolute Gasteiger partial charge is 0.305 e. The van der Waals surface area contributed by atoms with Crippen molar-refractivity contribution in [1.29, 1.82) is 0 Å². The van der Waals surface area contributed by atoms with Gasteiger partial charge in [-0.1, -0.05) is 42.5 Å². The maximum absolute atomic E-state index is 12.3. The number of carbonyl (C=O) groups excluding carboxylic acids is 1. The predicted octanol–water partition coefficient (Wildman–Crippen LogP) is 3.65. The first-order chi connectivity index (χ1) is 12.1. The molecule has 0 bridgehead atoms. The van der Waals surface area contributed by atoms with E-state index in [2.05, 4.69) is 5.32 Å². The molecule has 3 rings (SSSR count). The van der Waals surface area contributed by atoms with Gasteiger partial charge < -0.3 is 10.4 Å². The lowest BCUT2D eigenvalue weighted by Gasteiger charge is -2.18. The van der Waals surface area contributed by atoms with E-state index in [9.17, 15) is 14.7 Å². The number of fused-ring (bicyclic) bond motifs is 1. The number of carboxylic acids is 1. The number of amides is 1. The highest BCUT2D eigenvalue weighted by molar-refractivity contribution is 7.08. The summed E-state index contributed by atoms with van der Waals surface area (Å²) in [4.78, 5) is 23.5. The van der Waals surface area contributed by atoms with Crippen molar-refractivity contribution in [3.63, 3.8) is 0 Å². The van der Waals surface area contributed by atoms with E-state index in [1.165, 1.54) is 0 Å². The molecule has 25 heavy (non-hydrogen) atoms. The van der Waals surface area contributed by atoms with Crippen LogP contribution in [0.1, 0.15) is 17.5 Å². The summed E-state index contributed by atoms with van der Waals surface area (Å²) >= 11 is 1.54. The van der Waals surface area contributed by atoms with E-state index in [0.717, 1.165) is 21.9 Å². The highest BCUT2D eigenvalue weighted by Crippen LogP contribution is 2.20. The Morgan fingerprint density at radius 3 is 2.64 bits per heavy atom. The second-order valence-electron chi connectivity index (χ2n) is 6.01. The molecule has 0 aliphatic carbocycles. The molecule has 0 unspecified atom stereocenters. The Hall–Kier alpha value is -2.66. The van der Waals surface area contributed by atoms with Gasteiger partial charge in [0, 0.05) is 6.04 Å². The van der Waals surface area contributed by atoms with Crippen LogP contribution >= 0.6 is 11.3 Å². The third kappa shape index (κ3) is 4.67. The van der Waals surface area contributed by atoms with Gasteiger partial charge in [-0.15, -0.1) is 0 Å². The molecule has 4 nitrogen and oxygen atoms in total. The van der Waals surface area contributed by atoms with Crippen molar-refractivity contribution >= 4 is 34.0 Å². The van der Waals surface area contributed by atoms with Gasteiger partial charge in [-0.25, -0.2) is 0 Å². The number of carbonyl (C=O) groups is 2. The summed E-state index contributed by atoms with van der Waals surface area (Å²) in [6.07, 6.45) is 0.663. The Balaban J connectivity index is 1.76. The molecular weight excluding hydrogens is 334 g/mol. The van der Waals surface area contributed by atoms with Crippen molar-refractivity contribution in [3.05, 3.63) is 70.4 Å². The number of hydrogen-bond donors (Lipinski definition) is 2.